The van der Waals surface area contributed by atoms with Crippen LogP contribution in [0.2, 0.25) is 0 Å². The van der Waals surface area contributed by atoms with Gasteiger partial charge in [0.1, 0.15) is 23.6 Å². The number of nitrogens with zero attached hydrogens (tertiary/aromatic N) is 3. The molecule has 2 aliphatic rings. The molecule has 10 heteroatoms. The topological polar surface area (TPSA) is 117 Å². The van der Waals surface area contributed by atoms with E-state index in [-0.39, 0.29) is 12.8 Å². The van der Waals surface area contributed by atoms with E-state index in [1.807, 2.05) is 13.8 Å². The summed E-state index contributed by atoms with van der Waals surface area (Å²) < 4.78 is 10.7. The minimum absolute atomic E-state index is 0.316. The van der Waals surface area contributed by atoms with Crippen LogP contribution in [0.4, 0.5) is 11.4 Å². The number of hydrogen-bond donors (Lipinski definition) is 1. The summed E-state index contributed by atoms with van der Waals surface area (Å²) >= 11 is 0. The predicted octanol–water partition coefficient (Wildman–Crippen LogP) is 2.14. The van der Waals surface area contributed by atoms with Crippen molar-refractivity contribution in [3.05, 3.63) is 48.5 Å². The molecule has 2 aromatic carbocycles. The van der Waals surface area contributed by atoms with Crippen LogP contribution >= 0.6 is 0 Å². The standard InChI is InChI=1S/C24H25N3O7/c1-3-33-17-9-5-15(6-10-17)25-21(28)13-19(23(25)30)27(32)20-14-22(29)26(24(20)31)16-7-11-18(12-8-16)34-4-2/h5-12,19-20,32H,3-4,13-14H2,1-2H3/t19-,20+. The van der Waals surface area contributed by atoms with Gasteiger partial charge in [-0.3, -0.25) is 19.2 Å². The molecule has 4 rings (SSSR count). The van der Waals surface area contributed by atoms with Gasteiger partial charge in [-0.25, -0.2) is 9.80 Å². The number of ether oxygens (including phenoxy) is 2. The van der Waals surface area contributed by atoms with E-state index < -0.39 is 35.7 Å². The third-order valence-corrected chi connectivity index (χ3v) is 5.70. The molecule has 0 saturated carbocycles. The van der Waals surface area contributed by atoms with Crippen molar-refractivity contribution >= 4 is 35.0 Å². The number of hydrogen-bond acceptors (Lipinski definition) is 8. The van der Waals surface area contributed by atoms with Gasteiger partial charge in [0, 0.05) is 0 Å². The summed E-state index contributed by atoms with van der Waals surface area (Å²) in [5.74, 6) is -1.19. The van der Waals surface area contributed by atoms with Gasteiger partial charge in [0.15, 0.2) is 0 Å². The monoisotopic (exact) mass is 467 g/mol. The summed E-state index contributed by atoms with van der Waals surface area (Å²) in [5.41, 5.74) is 0.665. The largest absolute Gasteiger partial charge is 0.494 e. The van der Waals surface area contributed by atoms with Crippen molar-refractivity contribution in [2.45, 2.75) is 38.8 Å². The minimum atomic E-state index is -1.28. The molecular formula is C24H25N3O7. The molecular weight excluding hydrogens is 442 g/mol. The van der Waals surface area contributed by atoms with Crippen molar-refractivity contribution in [2.24, 2.45) is 0 Å². The third kappa shape index (κ3) is 4.25. The van der Waals surface area contributed by atoms with E-state index in [4.69, 9.17) is 9.47 Å². The maximum absolute atomic E-state index is 13.0. The Morgan fingerprint density at radius 3 is 1.41 bits per heavy atom. The molecule has 10 nitrogen and oxygen atoms in total. The van der Waals surface area contributed by atoms with Crippen LogP contribution < -0.4 is 19.3 Å². The highest BCUT2D eigenvalue weighted by Gasteiger charge is 2.50. The molecule has 0 spiro atoms. The van der Waals surface area contributed by atoms with Crippen molar-refractivity contribution in [1.29, 1.82) is 0 Å². The highest BCUT2D eigenvalue weighted by molar-refractivity contribution is 6.24. The number of carbonyl (C=O) groups is 4. The summed E-state index contributed by atoms with van der Waals surface area (Å²) in [6, 6.07) is 10.3. The lowest BCUT2D eigenvalue weighted by Crippen LogP contribution is -2.49. The normalized spacial score (nSPS) is 20.6. The van der Waals surface area contributed by atoms with Crippen molar-refractivity contribution in [3.8, 4) is 11.5 Å². The second-order valence-corrected chi connectivity index (χ2v) is 7.81. The average molecular weight is 467 g/mol. The van der Waals surface area contributed by atoms with Gasteiger partial charge < -0.3 is 14.7 Å². The van der Waals surface area contributed by atoms with E-state index in [1.54, 1.807) is 48.5 Å². The Balaban J connectivity index is 1.49. The number of benzene rings is 2. The zero-order chi connectivity index (χ0) is 24.4. The van der Waals surface area contributed by atoms with Crippen LogP contribution in [-0.4, -0.2) is 59.2 Å². The fraction of sp³-hybridized carbons (Fsp3) is 0.333. The van der Waals surface area contributed by atoms with Crippen LogP contribution in [0.3, 0.4) is 0 Å². The van der Waals surface area contributed by atoms with Gasteiger partial charge in [0.2, 0.25) is 11.8 Å². The molecule has 178 valence electrons. The summed E-state index contributed by atoms with van der Waals surface area (Å²) in [4.78, 5) is 53.2. The highest BCUT2D eigenvalue weighted by Crippen LogP contribution is 2.31. The zero-order valence-electron chi connectivity index (χ0n) is 18.8. The second kappa shape index (κ2) is 9.62. The summed E-state index contributed by atoms with van der Waals surface area (Å²) in [5, 5.41) is 11.3. The van der Waals surface area contributed by atoms with Gasteiger partial charge in [0.05, 0.1) is 37.4 Å². The fourth-order valence-corrected chi connectivity index (χ4v) is 4.12. The Bertz CT molecular complexity index is 1010. The van der Waals surface area contributed by atoms with E-state index in [0.29, 0.717) is 41.2 Å². The number of imide groups is 2. The molecule has 0 aromatic heterocycles. The lowest BCUT2D eigenvalue weighted by Gasteiger charge is -2.25. The number of carbonyl (C=O) groups excluding carboxylic acids is 4. The zero-order valence-corrected chi connectivity index (χ0v) is 18.8. The maximum atomic E-state index is 13.0. The number of hydroxylamine groups is 2. The molecule has 34 heavy (non-hydrogen) atoms. The molecule has 1 N–H and O–H groups in total. The SMILES string of the molecule is CCOc1ccc(N2C(=O)C[C@@H](N(O)[C@H]3CC(=O)N(c4ccc(OCC)cc4)C3=O)C2=O)cc1. The Morgan fingerprint density at radius 1 is 0.735 bits per heavy atom. The molecule has 2 aliphatic heterocycles. The van der Waals surface area contributed by atoms with Crippen molar-refractivity contribution in [1.82, 2.24) is 5.06 Å². The molecule has 4 amide bonds. The third-order valence-electron chi connectivity index (χ3n) is 5.70. The maximum Gasteiger partial charge on any atom is 0.254 e. The summed E-state index contributed by atoms with van der Waals surface area (Å²) in [6.07, 6.45) is -0.632. The first-order valence-corrected chi connectivity index (χ1v) is 11.0. The lowest BCUT2D eigenvalue weighted by atomic mass is 10.1. The molecule has 0 unspecified atom stereocenters. The van der Waals surface area contributed by atoms with Crippen LogP contribution in [-0.2, 0) is 19.2 Å². The van der Waals surface area contributed by atoms with Gasteiger partial charge >= 0.3 is 0 Å². The molecule has 2 heterocycles. The quantitative estimate of drug-likeness (QED) is 0.464. The first-order chi connectivity index (χ1) is 16.3. The van der Waals surface area contributed by atoms with Gasteiger partial charge in [-0.05, 0) is 62.4 Å². The van der Waals surface area contributed by atoms with E-state index in [1.165, 1.54) is 0 Å². The predicted molar refractivity (Wildman–Crippen MR) is 121 cm³/mol. The lowest BCUT2D eigenvalue weighted by molar-refractivity contribution is -0.172. The van der Waals surface area contributed by atoms with Gasteiger partial charge in [-0.1, -0.05) is 0 Å². The van der Waals surface area contributed by atoms with Crippen LogP contribution in [0.1, 0.15) is 26.7 Å². The first-order valence-electron chi connectivity index (χ1n) is 11.0. The molecule has 2 saturated heterocycles. The van der Waals surface area contributed by atoms with Gasteiger partial charge in [0.25, 0.3) is 11.8 Å². The van der Waals surface area contributed by atoms with Gasteiger partial charge in [-0.2, -0.15) is 5.06 Å². The highest BCUT2D eigenvalue weighted by atomic mass is 16.5. The molecule has 0 radical (unpaired) electrons. The van der Waals surface area contributed by atoms with Crippen LogP contribution in [0.25, 0.3) is 0 Å². The first kappa shape index (κ1) is 23.4. The summed E-state index contributed by atoms with van der Waals surface area (Å²) in [7, 11) is 0. The smallest absolute Gasteiger partial charge is 0.254 e. The number of rotatable bonds is 8. The Kier molecular flexibility index (Phi) is 6.62. The minimum Gasteiger partial charge on any atom is -0.494 e. The van der Waals surface area contributed by atoms with Gasteiger partial charge in [-0.15, -0.1) is 0 Å². The van der Waals surface area contributed by atoms with Crippen LogP contribution in [0.15, 0.2) is 48.5 Å². The number of amides is 4. The van der Waals surface area contributed by atoms with Crippen LogP contribution in [0, 0.1) is 0 Å². The molecule has 2 fully saturated rings. The van der Waals surface area contributed by atoms with E-state index in [0.717, 1.165) is 9.80 Å². The van der Waals surface area contributed by atoms with E-state index in [2.05, 4.69) is 0 Å². The molecule has 0 aliphatic carbocycles. The molecule has 2 atom stereocenters. The second-order valence-electron chi connectivity index (χ2n) is 7.81. The molecule has 0 bridgehead atoms. The van der Waals surface area contributed by atoms with Crippen LogP contribution in [0.5, 0.6) is 11.5 Å². The Morgan fingerprint density at radius 2 is 1.09 bits per heavy atom. The average Bonchev–Trinajstić information content (AvgIpc) is 3.29. The molecule has 2 aromatic rings. The van der Waals surface area contributed by atoms with E-state index >= 15 is 0 Å². The van der Waals surface area contributed by atoms with Crippen molar-refractivity contribution < 1.29 is 33.9 Å². The Hall–Kier alpha value is -3.76. The number of anilines is 2. The van der Waals surface area contributed by atoms with E-state index in [9.17, 15) is 24.4 Å². The fourth-order valence-electron chi connectivity index (χ4n) is 4.12. The summed E-state index contributed by atoms with van der Waals surface area (Å²) in [6.45, 7) is 4.64. The van der Waals surface area contributed by atoms with Crippen molar-refractivity contribution in [2.75, 3.05) is 23.0 Å². The van der Waals surface area contributed by atoms with Crippen molar-refractivity contribution in [3.63, 3.8) is 0 Å². The Labute approximate surface area is 196 Å².